The van der Waals surface area contributed by atoms with Gasteiger partial charge in [0.25, 0.3) is 5.91 Å². The monoisotopic (exact) mass is 338 g/mol. The van der Waals surface area contributed by atoms with E-state index in [9.17, 15) is 9.90 Å². The number of anilines is 1. The molecule has 0 atom stereocenters. The van der Waals surface area contributed by atoms with Crippen LogP contribution in [0.3, 0.4) is 0 Å². The van der Waals surface area contributed by atoms with E-state index in [-0.39, 0.29) is 11.7 Å². The predicted molar refractivity (Wildman–Crippen MR) is 97.5 cm³/mol. The second-order valence-electron chi connectivity index (χ2n) is 6.00. The van der Waals surface area contributed by atoms with Gasteiger partial charge in [-0.15, -0.1) is 5.75 Å². The zero-order valence-corrected chi connectivity index (χ0v) is 14.4. The minimum atomic E-state index is -0.159. The molecule has 5 heteroatoms. The minimum Gasteiger partial charge on any atom is -0.872 e. The van der Waals surface area contributed by atoms with Crippen molar-refractivity contribution in [1.82, 2.24) is 0 Å². The number of thiocarbonyl (C=S) groups is 1. The molecule has 0 bridgehead atoms. The van der Waals surface area contributed by atoms with Crippen molar-refractivity contribution >= 4 is 40.6 Å². The maximum absolute atomic E-state index is 12.7. The lowest BCUT2D eigenvalue weighted by Crippen LogP contribution is -3.00. The van der Waals surface area contributed by atoms with E-state index in [1.807, 2.05) is 30.3 Å². The van der Waals surface area contributed by atoms with Crippen LogP contribution in [0.2, 0.25) is 0 Å². The molecule has 1 fully saturated rings. The summed E-state index contributed by atoms with van der Waals surface area (Å²) in [5.41, 5.74) is 3.32. The average molecular weight is 338 g/mol. The van der Waals surface area contributed by atoms with Crippen LogP contribution in [0.15, 0.2) is 54.1 Å². The SMILES string of the molecule is C[NH+](C)c1ccc(/C=C2/CC(=S)N(c3cccc([O-])c3)C2=O)cc1. The molecule has 1 aliphatic heterocycles. The molecule has 2 aromatic rings. The van der Waals surface area contributed by atoms with E-state index in [0.29, 0.717) is 22.7 Å². The first-order valence-electron chi connectivity index (χ1n) is 7.71. The number of quaternary nitrogens is 1. The van der Waals surface area contributed by atoms with Crippen LogP contribution in [-0.2, 0) is 4.79 Å². The zero-order chi connectivity index (χ0) is 17.3. The van der Waals surface area contributed by atoms with E-state index < -0.39 is 0 Å². The fraction of sp³-hybridized carbons (Fsp3) is 0.158. The third kappa shape index (κ3) is 3.22. The standard InChI is InChI=1S/C19H18N2O2S/c1-20(2)15-8-6-13(7-9-15)10-14-11-18(24)21(19(14)23)16-4-3-5-17(22)12-16/h3-10,12,22H,11H2,1-2H3/b14-10-. The summed E-state index contributed by atoms with van der Waals surface area (Å²) in [5.74, 6) is -0.296. The highest BCUT2D eigenvalue weighted by atomic mass is 32.1. The van der Waals surface area contributed by atoms with Crippen LogP contribution in [0, 0.1) is 0 Å². The first-order chi connectivity index (χ1) is 11.5. The van der Waals surface area contributed by atoms with Crippen molar-refractivity contribution in [3.05, 3.63) is 59.7 Å². The van der Waals surface area contributed by atoms with E-state index in [1.165, 1.54) is 27.6 Å². The van der Waals surface area contributed by atoms with Crippen LogP contribution < -0.4 is 14.9 Å². The molecule has 1 amide bonds. The van der Waals surface area contributed by atoms with E-state index in [2.05, 4.69) is 14.1 Å². The highest BCUT2D eigenvalue weighted by Gasteiger charge is 2.31. The van der Waals surface area contributed by atoms with Gasteiger partial charge in [-0.1, -0.05) is 24.4 Å². The molecule has 0 aliphatic carbocycles. The van der Waals surface area contributed by atoms with Gasteiger partial charge in [-0.2, -0.15) is 0 Å². The summed E-state index contributed by atoms with van der Waals surface area (Å²) >= 11 is 5.35. The van der Waals surface area contributed by atoms with E-state index >= 15 is 0 Å². The van der Waals surface area contributed by atoms with Gasteiger partial charge in [-0.25, -0.2) is 0 Å². The first kappa shape index (κ1) is 16.4. The Bertz CT molecular complexity index is 826. The van der Waals surface area contributed by atoms with Gasteiger partial charge >= 0.3 is 0 Å². The summed E-state index contributed by atoms with van der Waals surface area (Å²) in [4.78, 5) is 15.9. The molecule has 0 radical (unpaired) electrons. The van der Waals surface area contributed by atoms with E-state index in [0.717, 1.165) is 5.56 Å². The maximum atomic E-state index is 12.7. The van der Waals surface area contributed by atoms with Gasteiger partial charge in [-0.3, -0.25) is 9.69 Å². The van der Waals surface area contributed by atoms with E-state index in [1.54, 1.807) is 12.1 Å². The fourth-order valence-electron chi connectivity index (χ4n) is 2.68. The lowest BCUT2D eigenvalue weighted by atomic mass is 10.1. The number of nitrogens with one attached hydrogen (secondary N) is 1. The average Bonchev–Trinajstić information content (AvgIpc) is 2.82. The Balaban J connectivity index is 1.88. The molecule has 1 N–H and O–H groups in total. The smallest absolute Gasteiger partial charge is 0.259 e. The van der Waals surface area contributed by atoms with Crippen molar-refractivity contribution < 1.29 is 14.8 Å². The highest BCUT2D eigenvalue weighted by molar-refractivity contribution is 7.80. The molecule has 0 spiro atoms. The van der Waals surface area contributed by atoms with E-state index in [4.69, 9.17) is 12.2 Å². The van der Waals surface area contributed by atoms with Gasteiger partial charge < -0.3 is 10.0 Å². The summed E-state index contributed by atoms with van der Waals surface area (Å²) in [6.45, 7) is 0. The molecule has 1 heterocycles. The second-order valence-corrected chi connectivity index (χ2v) is 6.47. The molecule has 0 saturated carbocycles. The van der Waals surface area contributed by atoms with Crippen molar-refractivity contribution in [3.63, 3.8) is 0 Å². The van der Waals surface area contributed by atoms with Crippen molar-refractivity contribution in [3.8, 4) is 5.75 Å². The third-order valence-electron chi connectivity index (χ3n) is 3.97. The van der Waals surface area contributed by atoms with Gasteiger partial charge in [0.2, 0.25) is 0 Å². The van der Waals surface area contributed by atoms with Gasteiger partial charge in [0.15, 0.2) is 0 Å². The highest BCUT2D eigenvalue weighted by Crippen LogP contribution is 2.29. The van der Waals surface area contributed by atoms with Gasteiger partial charge in [0, 0.05) is 17.7 Å². The quantitative estimate of drug-likeness (QED) is 0.684. The second kappa shape index (κ2) is 6.55. The van der Waals surface area contributed by atoms with Crippen molar-refractivity contribution in [2.75, 3.05) is 19.0 Å². The van der Waals surface area contributed by atoms with Crippen LogP contribution in [0.1, 0.15) is 12.0 Å². The fourth-order valence-corrected chi connectivity index (χ4v) is 3.03. The normalized spacial score (nSPS) is 16.5. The Morgan fingerprint density at radius 2 is 1.88 bits per heavy atom. The maximum Gasteiger partial charge on any atom is 0.259 e. The van der Waals surface area contributed by atoms with Crippen LogP contribution in [0.4, 0.5) is 11.4 Å². The van der Waals surface area contributed by atoms with Gasteiger partial charge in [0.05, 0.1) is 19.1 Å². The molecule has 0 unspecified atom stereocenters. The van der Waals surface area contributed by atoms with Gasteiger partial charge in [0.1, 0.15) is 5.69 Å². The molecular formula is C19H18N2O2S. The molecule has 3 rings (SSSR count). The largest absolute Gasteiger partial charge is 0.872 e. The number of amides is 1. The summed E-state index contributed by atoms with van der Waals surface area (Å²) in [6, 6.07) is 14.3. The predicted octanol–water partition coefficient (Wildman–Crippen LogP) is 1.68. The molecule has 1 saturated heterocycles. The summed E-state index contributed by atoms with van der Waals surface area (Å²) in [6.07, 6.45) is 2.28. The van der Waals surface area contributed by atoms with Crippen molar-refractivity contribution in [1.29, 1.82) is 0 Å². The van der Waals surface area contributed by atoms with Crippen LogP contribution in [0.25, 0.3) is 6.08 Å². The molecular weight excluding hydrogens is 320 g/mol. The number of carbonyl (C=O) groups excluding carboxylic acids is 1. The number of hydrogen-bond donors (Lipinski definition) is 1. The molecule has 4 nitrogen and oxygen atoms in total. The number of carbonyl (C=O) groups is 1. The number of rotatable bonds is 3. The zero-order valence-electron chi connectivity index (χ0n) is 13.6. The Kier molecular flexibility index (Phi) is 4.46. The number of hydrogen-bond acceptors (Lipinski definition) is 3. The summed E-state index contributed by atoms with van der Waals surface area (Å²) < 4.78 is 0. The molecule has 1 aliphatic rings. The topological polar surface area (TPSA) is 47.8 Å². The Morgan fingerprint density at radius 1 is 1.17 bits per heavy atom. The van der Waals surface area contributed by atoms with Crippen LogP contribution in [-0.4, -0.2) is 25.0 Å². The van der Waals surface area contributed by atoms with Crippen LogP contribution >= 0.6 is 12.2 Å². The molecule has 0 aromatic heterocycles. The lowest BCUT2D eigenvalue weighted by molar-refractivity contribution is -0.786. The number of benzene rings is 2. The van der Waals surface area contributed by atoms with Gasteiger partial charge in [-0.05, 0) is 48.0 Å². The lowest BCUT2D eigenvalue weighted by Gasteiger charge is -2.17. The molecule has 122 valence electrons. The van der Waals surface area contributed by atoms with Crippen molar-refractivity contribution in [2.45, 2.75) is 6.42 Å². The summed E-state index contributed by atoms with van der Waals surface area (Å²) in [7, 11) is 4.13. The molecule has 2 aromatic carbocycles. The van der Waals surface area contributed by atoms with Crippen molar-refractivity contribution in [2.24, 2.45) is 0 Å². The first-order valence-corrected chi connectivity index (χ1v) is 8.12. The molecule has 24 heavy (non-hydrogen) atoms. The Morgan fingerprint density at radius 3 is 2.50 bits per heavy atom. The Hall–Kier alpha value is -2.50. The summed E-state index contributed by atoms with van der Waals surface area (Å²) in [5, 5.41) is 11.5. The minimum absolute atomic E-state index is 0.137. The number of nitrogens with zero attached hydrogens (tertiary/aromatic N) is 1. The third-order valence-corrected chi connectivity index (χ3v) is 4.30. The van der Waals surface area contributed by atoms with Crippen LogP contribution in [0.5, 0.6) is 5.75 Å². The Labute approximate surface area is 146 Å².